The summed E-state index contributed by atoms with van der Waals surface area (Å²) in [6, 6.07) is 6.80. The lowest BCUT2D eigenvalue weighted by Crippen LogP contribution is -2.42. The van der Waals surface area contributed by atoms with Crippen LogP contribution in [0.5, 0.6) is 5.75 Å². The van der Waals surface area contributed by atoms with Crippen molar-refractivity contribution in [3.8, 4) is 5.75 Å². The SMILES string of the molecule is FC(F)(F)Oc1ccc(CN2CCC(NCC3CC3)CC2)cc1. The van der Waals surface area contributed by atoms with Crippen molar-refractivity contribution in [1.29, 1.82) is 0 Å². The molecule has 1 aliphatic carbocycles. The average molecular weight is 328 g/mol. The Hall–Kier alpha value is -1.27. The standard InChI is InChI=1S/C17H23F3N2O/c18-17(19,20)23-16-5-3-14(4-6-16)12-22-9-7-15(8-10-22)21-11-13-1-2-13/h3-6,13,15,21H,1-2,7-12H2. The largest absolute Gasteiger partial charge is 0.573 e. The highest BCUT2D eigenvalue weighted by atomic mass is 19.4. The van der Waals surface area contributed by atoms with Crippen LogP contribution >= 0.6 is 0 Å². The van der Waals surface area contributed by atoms with E-state index >= 15 is 0 Å². The van der Waals surface area contributed by atoms with E-state index in [2.05, 4.69) is 15.0 Å². The number of likely N-dealkylation sites (tertiary alicyclic amines) is 1. The van der Waals surface area contributed by atoms with Crippen molar-refractivity contribution < 1.29 is 17.9 Å². The number of hydrogen-bond donors (Lipinski definition) is 1. The molecule has 1 saturated carbocycles. The number of alkyl halides is 3. The summed E-state index contributed by atoms with van der Waals surface area (Å²) >= 11 is 0. The second kappa shape index (κ2) is 7.09. The summed E-state index contributed by atoms with van der Waals surface area (Å²) in [6.45, 7) is 4.00. The Morgan fingerprint density at radius 1 is 1.04 bits per heavy atom. The number of hydrogen-bond acceptors (Lipinski definition) is 3. The molecule has 1 heterocycles. The first kappa shape index (κ1) is 16.6. The highest BCUT2D eigenvalue weighted by Gasteiger charge is 2.31. The van der Waals surface area contributed by atoms with Crippen molar-refractivity contribution in [3.63, 3.8) is 0 Å². The minimum Gasteiger partial charge on any atom is -0.406 e. The molecule has 0 spiro atoms. The Kier molecular flexibility index (Phi) is 5.11. The monoisotopic (exact) mass is 328 g/mol. The number of halogens is 3. The van der Waals surface area contributed by atoms with Gasteiger partial charge in [-0.25, -0.2) is 0 Å². The lowest BCUT2D eigenvalue weighted by Gasteiger charge is -2.32. The molecule has 0 aromatic heterocycles. The quantitative estimate of drug-likeness (QED) is 0.864. The molecule has 0 unspecified atom stereocenters. The van der Waals surface area contributed by atoms with Crippen LogP contribution in [0.4, 0.5) is 13.2 Å². The number of nitrogens with one attached hydrogen (secondary N) is 1. The van der Waals surface area contributed by atoms with Gasteiger partial charge in [0.05, 0.1) is 0 Å². The van der Waals surface area contributed by atoms with Crippen LogP contribution in [-0.2, 0) is 6.54 Å². The first-order valence-electron chi connectivity index (χ1n) is 8.28. The molecule has 0 bridgehead atoms. The Balaban J connectivity index is 1.41. The second-order valence-electron chi connectivity index (χ2n) is 6.59. The van der Waals surface area contributed by atoms with Crippen LogP contribution in [0.15, 0.2) is 24.3 Å². The van der Waals surface area contributed by atoms with E-state index in [1.54, 1.807) is 12.1 Å². The molecular formula is C17H23F3N2O. The smallest absolute Gasteiger partial charge is 0.406 e. The number of ether oxygens (including phenoxy) is 1. The third-order valence-corrected chi connectivity index (χ3v) is 4.54. The third kappa shape index (κ3) is 5.70. The highest BCUT2D eigenvalue weighted by Crippen LogP contribution is 2.28. The molecule has 1 saturated heterocycles. The van der Waals surface area contributed by atoms with Gasteiger partial charge in [-0.15, -0.1) is 13.2 Å². The Morgan fingerprint density at radius 2 is 1.70 bits per heavy atom. The fourth-order valence-electron chi connectivity index (χ4n) is 3.01. The fraction of sp³-hybridized carbons (Fsp3) is 0.647. The highest BCUT2D eigenvalue weighted by molar-refractivity contribution is 5.27. The van der Waals surface area contributed by atoms with Gasteiger partial charge in [-0.1, -0.05) is 12.1 Å². The van der Waals surface area contributed by atoms with Crippen LogP contribution < -0.4 is 10.1 Å². The number of rotatable bonds is 6. The zero-order chi connectivity index (χ0) is 16.3. The van der Waals surface area contributed by atoms with E-state index in [4.69, 9.17) is 0 Å². The van der Waals surface area contributed by atoms with Gasteiger partial charge in [0.2, 0.25) is 0 Å². The van der Waals surface area contributed by atoms with Crippen LogP contribution in [0.2, 0.25) is 0 Å². The van der Waals surface area contributed by atoms with Gasteiger partial charge < -0.3 is 10.1 Å². The average Bonchev–Trinajstić information content (AvgIpc) is 3.31. The van der Waals surface area contributed by atoms with Gasteiger partial charge in [0.1, 0.15) is 5.75 Å². The third-order valence-electron chi connectivity index (χ3n) is 4.54. The lowest BCUT2D eigenvalue weighted by atomic mass is 10.0. The summed E-state index contributed by atoms with van der Waals surface area (Å²) in [5.74, 6) is 0.745. The van der Waals surface area contributed by atoms with Crippen LogP contribution in [0.3, 0.4) is 0 Å². The summed E-state index contributed by atoms with van der Waals surface area (Å²) in [5, 5.41) is 3.65. The molecule has 1 aromatic rings. The van der Waals surface area contributed by atoms with Gasteiger partial charge in [0, 0.05) is 12.6 Å². The number of piperidine rings is 1. The van der Waals surface area contributed by atoms with Gasteiger partial charge in [-0.2, -0.15) is 0 Å². The van der Waals surface area contributed by atoms with E-state index in [1.807, 2.05) is 0 Å². The summed E-state index contributed by atoms with van der Waals surface area (Å²) in [7, 11) is 0. The Labute approximate surface area is 134 Å². The van der Waals surface area contributed by atoms with Crippen LogP contribution in [0.1, 0.15) is 31.2 Å². The van der Waals surface area contributed by atoms with Gasteiger partial charge in [-0.05, 0) is 68.9 Å². The maximum atomic E-state index is 12.1. The van der Waals surface area contributed by atoms with E-state index in [-0.39, 0.29) is 5.75 Å². The number of nitrogens with zero attached hydrogens (tertiary/aromatic N) is 1. The zero-order valence-corrected chi connectivity index (χ0v) is 13.1. The molecule has 1 aliphatic heterocycles. The minimum absolute atomic E-state index is 0.163. The Morgan fingerprint density at radius 3 is 2.26 bits per heavy atom. The molecule has 3 nitrogen and oxygen atoms in total. The van der Waals surface area contributed by atoms with E-state index < -0.39 is 6.36 Å². The summed E-state index contributed by atoms with van der Waals surface area (Å²) in [4.78, 5) is 2.36. The first-order valence-corrected chi connectivity index (χ1v) is 8.28. The maximum Gasteiger partial charge on any atom is 0.573 e. The summed E-state index contributed by atoms with van der Waals surface area (Å²) in [6.07, 6.45) is 0.403. The van der Waals surface area contributed by atoms with Gasteiger partial charge in [-0.3, -0.25) is 4.90 Å². The van der Waals surface area contributed by atoms with Crippen LogP contribution in [0.25, 0.3) is 0 Å². The van der Waals surface area contributed by atoms with Gasteiger partial charge in [0.25, 0.3) is 0 Å². The lowest BCUT2D eigenvalue weighted by molar-refractivity contribution is -0.274. The molecule has 2 aliphatic rings. The molecule has 2 fully saturated rings. The van der Waals surface area contributed by atoms with Gasteiger partial charge >= 0.3 is 6.36 Å². The predicted octanol–water partition coefficient (Wildman–Crippen LogP) is 3.55. The molecule has 6 heteroatoms. The summed E-state index contributed by atoms with van der Waals surface area (Å²) < 4.78 is 40.3. The van der Waals surface area contributed by atoms with Crippen molar-refractivity contribution in [2.75, 3.05) is 19.6 Å². The Bertz CT molecular complexity index is 492. The maximum absolute atomic E-state index is 12.1. The zero-order valence-electron chi connectivity index (χ0n) is 13.1. The molecule has 1 aromatic carbocycles. The van der Waals surface area contributed by atoms with E-state index in [0.717, 1.165) is 50.5 Å². The predicted molar refractivity (Wildman–Crippen MR) is 82.2 cm³/mol. The van der Waals surface area contributed by atoms with Crippen molar-refractivity contribution in [2.24, 2.45) is 5.92 Å². The van der Waals surface area contributed by atoms with Crippen molar-refractivity contribution in [1.82, 2.24) is 10.2 Å². The van der Waals surface area contributed by atoms with Crippen molar-refractivity contribution in [3.05, 3.63) is 29.8 Å². The normalized spacial score (nSPS) is 20.7. The van der Waals surface area contributed by atoms with Crippen LogP contribution in [-0.4, -0.2) is 36.9 Å². The molecule has 0 amide bonds. The minimum atomic E-state index is -4.63. The second-order valence-corrected chi connectivity index (χ2v) is 6.59. The summed E-state index contributed by atoms with van der Waals surface area (Å²) in [5.41, 5.74) is 1.02. The molecule has 1 N–H and O–H groups in total. The fourth-order valence-corrected chi connectivity index (χ4v) is 3.01. The van der Waals surface area contributed by atoms with Gasteiger partial charge in [0.15, 0.2) is 0 Å². The van der Waals surface area contributed by atoms with E-state index in [1.165, 1.54) is 25.0 Å². The van der Waals surface area contributed by atoms with E-state index in [9.17, 15) is 13.2 Å². The van der Waals surface area contributed by atoms with Crippen molar-refractivity contribution >= 4 is 0 Å². The first-order chi connectivity index (χ1) is 11.0. The molecule has 0 atom stereocenters. The van der Waals surface area contributed by atoms with E-state index in [0.29, 0.717) is 6.04 Å². The molecule has 0 radical (unpaired) electrons. The topological polar surface area (TPSA) is 24.5 Å². The molecule has 128 valence electrons. The molecular weight excluding hydrogens is 305 g/mol. The number of benzene rings is 1. The molecule has 3 rings (SSSR count). The van der Waals surface area contributed by atoms with Crippen molar-refractivity contribution in [2.45, 2.75) is 44.6 Å². The van der Waals surface area contributed by atoms with Crippen LogP contribution in [0, 0.1) is 5.92 Å². The molecule has 23 heavy (non-hydrogen) atoms.